The van der Waals surface area contributed by atoms with Crippen LogP contribution in [0.5, 0.6) is 0 Å². The summed E-state index contributed by atoms with van der Waals surface area (Å²) in [7, 11) is 4.04. The van der Waals surface area contributed by atoms with Gasteiger partial charge in [0.05, 0.1) is 5.52 Å². The van der Waals surface area contributed by atoms with E-state index in [9.17, 15) is 4.39 Å². The second kappa shape index (κ2) is 11.9. The number of anilines is 2. The van der Waals surface area contributed by atoms with Gasteiger partial charge in [0, 0.05) is 37.6 Å². The third-order valence-corrected chi connectivity index (χ3v) is 7.72. The van der Waals surface area contributed by atoms with Crippen LogP contribution in [0.25, 0.3) is 22.0 Å². The van der Waals surface area contributed by atoms with Gasteiger partial charge in [-0.2, -0.15) is 4.98 Å². The molecule has 1 aliphatic carbocycles. The molecule has 5 rings (SSSR count). The lowest BCUT2D eigenvalue weighted by Crippen LogP contribution is -2.33. The topological polar surface area (TPSA) is 53.1 Å². The summed E-state index contributed by atoms with van der Waals surface area (Å²) in [5, 5.41) is 8.32. The molecule has 1 aromatic heterocycles. The molecule has 1 unspecified atom stereocenters. The zero-order chi connectivity index (χ0) is 26.5. The summed E-state index contributed by atoms with van der Waals surface area (Å²) in [5.74, 6) is 2.42. The first-order chi connectivity index (χ1) is 18.5. The van der Waals surface area contributed by atoms with Crippen molar-refractivity contribution in [2.75, 3.05) is 37.4 Å². The number of aromatic nitrogens is 2. The largest absolute Gasteiger partial charge is 0.362 e. The number of benzene rings is 3. The molecule has 3 aromatic carbocycles. The van der Waals surface area contributed by atoms with Gasteiger partial charge in [-0.25, -0.2) is 9.37 Å². The Morgan fingerprint density at radius 2 is 1.66 bits per heavy atom. The molecule has 1 saturated carbocycles. The van der Waals surface area contributed by atoms with E-state index in [1.165, 1.54) is 12.8 Å². The van der Waals surface area contributed by atoms with Gasteiger partial charge in [0.15, 0.2) is 0 Å². The highest BCUT2D eigenvalue weighted by molar-refractivity contribution is 5.90. The molecular weight excluding hydrogens is 473 g/mol. The number of nitrogens with zero attached hydrogens (tertiary/aromatic N) is 3. The molecule has 1 aliphatic rings. The van der Waals surface area contributed by atoms with Crippen molar-refractivity contribution in [1.29, 1.82) is 0 Å². The first-order valence-electron chi connectivity index (χ1n) is 13.7. The molecule has 0 spiro atoms. The quantitative estimate of drug-likeness (QED) is 0.257. The summed E-state index contributed by atoms with van der Waals surface area (Å²) >= 11 is 0. The fraction of sp³-hybridized carbons (Fsp3) is 0.375. The average Bonchev–Trinajstić information content (AvgIpc) is 2.94. The van der Waals surface area contributed by atoms with Crippen LogP contribution in [0.1, 0.15) is 44.1 Å². The van der Waals surface area contributed by atoms with Crippen molar-refractivity contribution in [3.05, 3.63) is 84.2 Å². The zero-order valence-electron chi connectivity index (χ0n) is 22.6. The van der Waals surface area contributed by atoms with Gasteiger partial charge in [-0.3, -0.25) is 0 Å². The molecule has 0 bridgehead atoms. The fourth-order valence-electron chi connectivity index (χ4n) is 5.47. The van der Waals surface area contributed by atoms with Gasteiger partial charge in [0.1, 0.15) is 11.6 Å². The molecule has 0 aliphatic heterocycles. The molecule has 1 fully saturated rings. The van der Waals surface area contributed by atoms with Crippen molar-refractivity contribution in [3.63, 3.8) is 0 Å². The first kappa shape index (κ1) is 26.1. The predicted molar refractivity (Wildman–Crippen MR) is 156 cm³/mol. The minimum Gasteiger partial charge on any atom is -0.362 e. The fourth-order valence-corrected chi connectivity index (χ4v) is 5.47. The normalized spacial score (nSPS) is 18.3. The van der Waals surface area contributed by atoms with Gasteiger partial charge < -0.3 is 15.5 Å². The molecule has 0 saturated heterocycles. The number of rotatable bonds is 9. The van der Waals surface area contributed by atoms with Crippen molar-refractivity contribution in [3.8, 4) is 11.1 Å². The third-order valence-electron chi connectivity index (χ3n) is 7.72. The van der Waals surface area contributed by atoms with E-state index >= 15 is 0 Å². The van der Waals surface area contributed by atoms with Crippen molar-refractivity contribution in [1.82, 2.24) is 15.3 Å². The number of hydrogen-bond donors (Lipinski definition) is 2. The summed E-state index contributed by atoms with van der Waals surface area (Å²) in [5.41, 5.74) is 3.58. The van der Waals surface area contributed by atoms with E-state index in [1.54, 1.807) is 6.07 Å². The highest BCUT2D eigenvalue weighted by Crippen LogP contribution is 2.29. The molecule has 38 heavy (non-hydrogen) atoms. The summed E-state index contributed by atoms with van der Waals surface area (Å²) in [6, 6.07) is 24.0. The van der Waals surface area contributed by atoms with E-state index in [0.717, 1.165) is 53.8 Å². The van der Waals surface area contributed by atoms with Crippen LogP contribution in [0.4, 0.5) is 16.2 Å². The molecule has 0 radical (unpaired) electrons. The van der Waals surface area contributed by atoms with E-state index in [4.69, 9.17) is 9.97 Å². The Morgan fingerprint density at radius 3 is 2.39 bits per heavy atom. The Hall–Kier alpha value is -3.51. The van der Waals surface area contributed by atoms with Crippen molar-refractivity contribution in [2.45, 2.75) is 44.6 Å². The number of halogens is 1. The summed E-state index contributed by atoms with van der Waals surface area (Å²) < 4.78 is 14.8. The van der Waals surface area contributed by atoms with Crippen LogP contribution in [0, 0.1) is 11.7 Å². The van der Waals surface area contributed by atoms with Crippen LogP contribution < -0.4 is 15.5 Å². The number of nitrogens with one attached hydrogen (secondary N) is 2. The molecule has 5 nitrogen and oxygen atoms in total. The van der Waals surface area contributed by atoms with Gasteiger partial charge in [0.25, 0.3) is 0 Å². The number of fused-ring (bicyclic) bond motifs is 1. The maximum absolute atomic E-state index is 14.8. The van der Waals surface area contributed by atoms with Gasteiger partial charge in [-0.05, 0) is 73.4 Å². The highest BCUT2D eigenvalue weighted by atomic mass is 19.1. The molecule has 2 N–H and O–H groups in total. The predicted octanol–water partition coefficient (Wildman–Crippen LogP) is 6.87. The van der Waals surface area contributed by atoms with E-state index in [1.807, 2.05) is 73.6 Å². The standard InChI is InChI=1S/C32H38FN5/c1-22(25-15-18-27(29(33)19-25)24-9-5-4-6-10-24)20-34-21-23-13-16-26(17-14-23)35-32-36-30-12-8-7-11-28(30)31(37-32)38(2)3/h4-12,15,18-19,22-23,26,34H,13-14,16-17,20-21H2,1-3H3,(H,35,36,37). The van der Waals surface area contributed by atoms with Crippen molar-refractivity contribution < 1.29 is 4.39 Å². The van der Waals surface area contributed by atoms with Crippen LogP contribution in [0.15, 0.2) is 72.8 Å². The Bertz CT molecular complexity index is 1350. The van der Waals surface area contributed by atoms with E-state index in [0.29, 0.717) is 23.5 Å². The molecule has 4 aromatic rings. The lowest BCUT2D eigenvalue weighted by Gasteiger charge is -2.30. The Kier molecular flexibility index (Phi) is 8.18. The molecule has 1 heterocycles. The van der Waals surface area contributed by atoms with Gasteiger partial charge in [-0.15, -0.1) is 0 Å². The highest BCUT2D eigenvalue weighted by Gasteiger charge is 2.22. The first-order valence-corrected chi connectivity index (χ1v) is 13.7. The maximum atomic E-state index is 14.8. The summed E-state index contributed by atoms with van der Waals surface area (Å²) in [6.45, 7) is 4.01. The van der Waals surface area contributed by atoms with Crippen LogP contribution in [0.2, 0.25) is 0 Å². The Balaban J connectivity index is 1.09. The SMILES string of the molecule is CC(CNCC1CCC(Nc2nc(N(C)C)c3ccccc3n2)CC1)c1ccc(-c2ccccc2)c(F)c1. The molecule has 6 heteroatoms. The molecule has 1 atom stereocenters. The van der Waals surface area contributed by atoms with Crippen molar-refractivity contribution in [2.24, 2.45) is 5.92 Å². The van der Waals surface area contributed by atoms with Gasteiger partial charge >= 0.3 is 0 Å². The third kappa shape index (κ3) is 6.13. The van der Waals surface area contributed by atoms with Crippen molar-refractivity contribution >= 4 is 22.7 Å². The maximum Gasteiger partial charge on any atom is 0.225 e. The van der Waals surface area contributed by atoms with Crippen LogP contribution in [-0.2, 0) is 0 Å². The molecular formula is C32H38FN5. The van der Waals surface area contributed by atoms with E-state index in [2.05, 4.69) is 29.7 Å². The average molecular weight is 512 g/mol. The Labute approximate surface area is 225 Å². The minimum absolute atomic E-state index is 0.153. The summed E-state index contributed by atoms with van der Waals surface area (Å²) in [4.78, 5) is 11.6. The lowest BCUT2D eigenvalue weighted by atomic mass is 9.86. The molecule has 0 amide bonds. The lowest BCUT2D eigenvalue weighted by molar-refractivity contribution is 0.322. The second-order valence-corrected chi connectivity index (χ2v) is 10.8. The van der Waals surface area contributed by atoms with Gasteiger partial charge in [-0.1, -0.05) is 61.5 Å². The number of hydrogen-bond acceptors (Lipinski definition) is 5. The smallest absolute Gasteiger partial charge is 0.225 e. The van der Waals surface area contributed by atoms with E-state index < -0.39 is 0 Å². The minimum atomic E-state index is -0.153. The van der Waals surface area contributed by atoms with Crippen LogP contribution in [-0.4, -0.2) is 43.2 Å². The van der Waals surface area contributed by atoms with Crippen LogP contribution in [0.3, 0.4) is 0 Å². The zero-order valence-corrected chi connectivity index (χ0v) is 22.6. The summed E-state index contributed by atoms with van der Waals surface area (Å²) in [6.07, 6.45) is 4.57. The molecule has 198 valence electrons. The second-order valence-electron chi connectivity index (χ2n) is 10.8. The van der Waals surface area contributed by atoms with E-state index in [-0.39, 0.29) is 11.7 Å². The number of para-hydroxylation sites is 1. The van der Waals surface area contributed by atoms with Gasteiger partial charge in [0.2, 0.25) is 5.95 Å². The van der Waals surface area contributed by atoms with Crippen LogP contribution >= 0.6 is 0 Å². The monoisotopic (exact) mass is 511 g/mol. The Morgan fingerprint density at radius 1 is 0.921 bits per heavy atom.